The van der Waals surface area contributed by atoms with Gasteiger partial charge in [-0.1, -0.05) is 11.6 Å². The molecule has 4 N–H and O–H groups in total. The van der Waals surface area contributed by atoms with Crippen LogP contribution in [0.25, 0.3) is 0 Å². The third kappa shape index (κ3) is 2.42. The average Bonchev–Trinajstić information content (AvgIpc) is 3.22. The Morgan fingerprint density at radius 2 is 2.10 bits per heavy atom. The van der Waals surface area contributed by atoms with Crippen LogP contribution in [-0.4, -0.2) is 41.8 Å². The summed E-state index contributed by atoms with van der Waals surface area (Å²) in [5.41, 5.74) is 4.38. The van der Waals surface area contributed by atoms with Gasteiger partial charge in [0, 0.05) is 16.3 Å². The van der Waals surface area contributed by atoms with E-state index in [9.17, 15) is 14.4 Å². The van der Waals surface area contributed by atoms with E-state index in [1.54, 1.807) is 19.1 Å². The van der Waals surface area contributed by atoms with E-state index in [4.69, 9.17) is 31.5 Å². The van der Waals surface area contributed by atoms with Crippen molar-refractivity contribution in [2.75, 3.05) is 19.0 Å². The van der Waals surface area contributed by atoms with Crippen molar-refractivity contribution in [2.24, 2.45) is 5.73 Å². The number of esters is 2. The van der Waals surface area contributed by atoms with Crippen molar-refractivity contribution in [1.29, 1.82) is 0 Å². The Labute approximate surface area is 168 Å². The summed E-state index contributed by atoms with van der Waals surface area (Å²) < 4.78 is 15.4. The maximum atomic E-state index is 13.4. The molecule has 150 valence electrons. The molecule has 0 aliphatic carbocycles. The van der Waals surface area contributed by atoms with Crippen LogP contribution in [0, 0.1) is 0 Å². The minimum Gasteiger partial charge on any atom is -0.464 e. The number of rotatable bonds is 3. The highest BCUT2D eigenvalue weighted by molar-refractivity contribution is 6.31. The molecule has 2 aliphatic heterocycles. The molecule has 1 atom stereocenters. The summed E-state index contributed by atoms with van der Waals surface area (Å²) in [4.78, 5) is 38.7. The number of carbonyl (C=O) groups is 3. The molecule has 29 heavy (non-hydrogen) atoms. The van der Waals surface area contributed by atoms with Crippen LogP contribution >= 0.6 is 11.6 Å². The maximum absolute atomic E-state index is 13.4. The van der Waals surface area contributed by atoms with Crippen LogP contribution in [0.1, 0.15) is 28.5 Å². The highest BCUT2D eigenvalue weighted by Crippen LogP contribution is 2.54. The molecule has 1 aromatic carbocycles. The number of aromatic amines is 1. The van der Waals surface area contributed by atoms with Crippen molar-refractivity contribution in [3.8, 4) is 5.88 Å². The predicted molar refractivity (Wildman–Crippen MR) is 99.3 cm³/mol. The van der Waals surface area contributed by atoms with Crippen LogP contribution in [-0.2, 0) is 24.5 Å². The second-order valence-corrected chi connectivity index (χ2v) is 6.66. The number of methoxy groups -OCH3 is 1. The van der Waals surface area contributed by atoms with Gasteiger partial charge in [0.1, 0.15) is 11.0 Å². The quantitative estimate of drug-likeness (QED) is 0.630. The number of nitrogens with one attached hydrogen (secondary N) is 2. The summed E-state index contributed by atoms with van der Waals surface area (Å²) in [7, 11) is 1.17. The number of carbonyl (C=O) groups excluding carboxylic acids is 3. The van der Waals surface area contributed by atoms with Gasteiger partial charge in [-0.3, -0.25) is 9.89 Å². The summed E-state index contributed by atoms with van der Waals surface area (Å²) in [6.07, 6.45) is 0. The van der Waals surface area contributed by atoms with E-state index < -0.39 is 23.3 Å². The first-order valence-electron chi connectivity index (χ1n) is 8.50. The fourth-order valence-corrected chi connectivity index (χ4v) is 3.86. The third-order valence-corrected chi connectivity index (χ3v) is 5.01. The number of hydrogen-bond acceptors (Lipinski definition) is 8. The lowest BCUT2D eigenvalue weighted by molar-refractivity contribution is -0.140. The van der Waals surface area contributed by atoms with E-state index >= 15 is 0 Å². The molecule has 2 aromatic rings. The van der Waals surface area contributed by atoms with Crippen molar-refractivity contribution >= 4 is 35.1 Å². The molecule has 1 aromatic heterocycles. The normalized spacial score (nSPS) is 19.3. The second kappa shape index (κ2) is 6.52. The molecule has 11 heteroatoms. The van der Waals surface area contributed by atoms with Crippen LogP contribution in [0.15, 0.2) is 29.7 Å². The van der Waals surface area contributed by atoms with Crippen molar-refractivity contribution in [3.05, 3.63) is 51.5 Å². The molecule has 0 saturated carbocycles. The molecule has 1 amide bonds. The fourth-order valence-electron chi connectivity index (χ4n) is 3.69. The number of fused-ring (bicyclic) bond motifs is 4. The molecule has 0 bridgehead atoms. The van der Waals surface area contributed by atoms with E-state index in [2.05, 4.69) is 15.5 Å². The lowest BCUT2D eigenvalue weighted by atomic mass is 9.68. The van der Waals surface area contributed by atoms with E-state index in [1.165, 1.54) is 13.2 Å². The summed E-state index contributed by atoms with van der Waals surface area (Å²) >= 11 is 6.18. The highest BCUT2D eigenvalue weighted by atomic mass is 35.5. The first-order chi connectivity index (χ1) is 13.9. The van der Waals surface area contributed by atoms with Crippen LogP contribution in [0.5, 0.6) is 5.88 Å². The standard InChI is InChI=1S/C18H15ClN4O6/c1-3-28-15(24)11-13(20)29-14-10(12(22-23-14)16(25)27-2)18(11)8-6-7(19)4-5-9(8)21-17(18)26/h4-6H,3,20H2,1-2H3,(H,21,26)(H,22,23). The van der Waals surface area contributed by atoms with Gasteiger partial charge in [0.25, 0.3) is 0 Å². The van der Waals surface area contributed by atoms with Gasteiger partial charge in [0.2, 0.25) is 17.7 Å². The smallest absolute Gasteiger partial charge is 0.356 e. The molecular formula is C18H15ClN4O6. The average molecular weight is 419 g/mol. The highest BCUT2D eigenvalue weighted by Gasteiger charge is 2.61. The van der Waals surface area contributed by atoms with Gasteiger partial charge in [0.05, 0.1) is 19.3 Å². The Bertz CT molecular complexity index is 1110. The lowest BCUT2D eigenvalue weighted by Gasteiger charge is -2.33. The van der Waals surface area contributed by atoms with Crippen molar-refractivity contribution in [1.82, 2.24) is 10.2 Å². The van der Waals surface area contributed by atoms with Crippen molar-refractivity contribution in [2.45, 2.75) is 12.3 Å². The third-order valence-electron chi connectivity index (χ3n) is 4.78. The van der Waals surface area contributed by atoms with Gasteiger partial charge in [-0.05, 0) is 25.1 Å². The molecule has 10 nitrogen and oxygen atoms in total. The summed E-state index contributed by atoms with van der Waals surface area (Å²) in [5, 5.41) is 9.44. The number of anilines is 1. The van der Waals surface area contributed by atoms with Gasteiger partial charge in [-0.25, -0.2) is 9.59 Å². The molecule has 0 fully saturated rings. The van der Waals surface area contributed by atoms with Gasteiger partial charge in [-0.15, -0.1) is 5.10 Å². The van der Waals surface area contributed by atoms with Crippen LogP contribution in [0.4, 0.5) is 5.69 Å². The molecule has 1 unspecified atom stereocenters. The zero-order valence-electron chi connectivity index (χ0n) is 15.3. The Morgan fingerprint density at radius 1 is 1.34 bits per heavy atom. The largest absolute Gasteiger partial charge is 0.464 e. The van der Waals surface area contributed by atoms with Crippen LogP contribution < -0.4 is 15.8 Å². The number of benzene rings is 1. The summed E-state index contributed by atoms with van der Waals surface area (Å²) in [6, 6.07) is 4.66. The zero-order chi connectivity index (χ0) is 20.9. The monoisotopic (exact) mass is 418 g/mol. The number of nitrogens with two attached hydrogens (primary N) is 1. The number of amides is 1. The molecule has 1 spiro atoms. The first-order valence-corrected chi connectivity index (χ1v) is 8.87. The van der Waals surface area contributed by atoms with Crippen molar-refractivity contribution < 1.29 is 28.6 Å². The molecule has 0 radical (unpaired) electrons. The number of nitrogens with zero attached hydrogens (tertiary/aromatic N) is 1. The number of H-pyrrole nitrogens is 1. The van der Waals surface area contributed by atoms with Gasteiger partial charge >= 0.3 is 11.9 Å². The number of ether oxygens (including phenoxy) is 3. The van der Waals surface area contributed by atoms with Crippen molar-refractivity contribution in [3.63, 3.8) is 0 Å². The summed E-state index contributed by atoms with van der Waals surface area (Å²) in [6.45, 7) is 1.63. The number of hydrogen-bond donors (Lipinski definition) is 3. The Hall–Kier alpha value is -3.53. The SMILES string of the molecule is CCOC(=O)C1=C(N)Oc2n[nH]c(C(=O)OC)c2C12C(=O)Nc1ccc(Cl)cc12. The Kier molecular flexibility index (Phi) is 4.23. The van der Waals surface area contributed by atoms with E-state index in [1.807, 2.05) is 0 Å². The molecule has 2 aliphatic rings. The second-order valence-electron chi connectivity index (χ2n) is 6.23. The van der Waals surface area contributed by atoms with E-state index in [0.717, 1.165) is 0 Å². The minimum atomic E-state index is -1.87. The van der Waals surface area contributed by atoms with Crippen LogP contribution in [0.3, 0.4) is 0 Å². The van der Waals surface area contributed by atoms with Gasteiger partial charge in [0.15, 0.2) is 5.69 Å². The Balaban J connectivity index is 2.13. The molecular weight excluding hydrogens is 404 g/mol. The first kappa shape index (κ1) is 18.8. The topological polar surface area (TPSA) is 146 Å². The minimum absolute atomic E-state index is 0.0138. The number of halogens is 1. The predicted octanol–water partition coefficient (Wildman–Crippen LogP) is 1.21. The Morgan fingerprint density at radius 3 is 2.79 bits per heavy atom. The zero-order valence-corrected chi connectivity index (χ0v) is 16.0. The number of aromatic nitrogens is 2. The molecule has 0 saturated heterocycles. The maximum Gasteiger partial charge on any atom is 0.356 e. The van der Waals surface area contributed by atoms with Gasteiger partial charge in [-0.2, -0.15) is 0 Å². The van der Waals surface area contributed by atoms with E-state index in [0.29, 0.717) is 16.3 Å². The lowest BCUT2D eigenvalue weighted by Crippen LogP contribution is -2.46. The molecule has 3 heterocycles. The van der Waals surface area contributed by atoms with Crippen LogP contribution in [0.2, 0.25) is 5.02 Å². The molecule has 4 rings (SSSR count). The van der Waals surface area contributed by atoms with E-state index in [-0.39, 0.29) is 35.2 Å². The summed E-state index contributed by atoms with van der Waals surface area (Å²) in [5.74, 6) is -2.85. The van der Waals surface area contributed by atoms with Gasteiger partial charge < -0.3 is 25.3 Å². The fraction of sp³-hybridized carbons (Fsp3) is 0.222.